The SMILES string of the molecule is Cc1ccc(C)c(NC(C)C(=O)Nc2cccc3ccccc23)c1. The molecule has 0 bridgehead atoms. The number of nitrogens with one attached hydrogen (secondary N) is 2. The van der Waals surface area contributed by atoms with E-state index in [2.05, 4.69) is 28.8 Å². The largest absolute Gasteiger partial charge is 0.374 e. The van der Waals surface area contributed by atoms with Crippen molar-refractivity contribution in [2.24, 2.45) is 0 Å². The van der Waals surface area contributed by atoms with E-state index in [1.807, 2.05) is 63.2 Å². The molecule has 3 aromatic rings. The van der Waals surface area contributed by atoms with E-state index in [0.29, 0.717) is 0 Å². The van der Waals surface area contributed by atoms with Crippen molar-refractivity contribution in [1.29, 1.82) is 0 Å². The van der Waals surface area contributed by atoms with Crippen molar-refractivity contribution >= 4 is 28.1 Å². The van der Waals surface area contributed by atoms with Gasteiger partial charge < -0.3 is 10.6 Å². The minimum Gasteiger partial charge on any atom is -0.374 e. The van der Waals surface area contributed by atoms with Crippen LogP contribution in [0.1, 0.15) is 18.1 Å². The first-order chi connectivity index (χ1) is 11.5. The van der Waals surface area contributed by atoms with Crippen LogP contribution in [0.5, 0.6) is 0 Å². The van der Waals surface area contributed by atoms with Crippen molar-refractivity contribution in [3.63, 3.8) is 0 Å². The fourth-order valence-electron chi connectivity index (χ4n) is 2.77. The zero-order valence-electron chi connectivity index (χ0n) is 14.3. The van der Waals surface area contributed by atoms with Gasteiger partial charge in [0, 0.05) is 16.8 Å². The molecule has 0 fully saturated rings. The van der Waals surface area contributed by atoms with E-state index in [1.165, 1.54) is 5.56 Å². The minimum atomic E-state index is -0.329. The van der Waals surface area contributed by atoms with Gasteiger partial charge in [0.05, 0.1) is 0 Å². The average molecular weight is 318 g/mol. The standard InChI is InChI=1S/C21H22N2O/c1-14-11-12-15(2)20(13-14)22-16(3)21(24)23-19-10-6-8-17-7-4-5-9-18(17)19/h4-13,16,22H,1-3H3,(H,23,24). The molecule has 0 saturated carbocycles. The van der Waals surface area contributed by atoms with Crippen molar-refractivity contribution in [3.8, 4) is 0 Å². The second-order valence-electron chi connectivity index (χ2n) is 6.20. The molecule has 1 amide bonds. The number of aryl methyl sites for hydroxylation is 2. The fourth-order valence-corrected chi connectivity index (χ4v) is 2.77. The van der Waals surface area contributed by atoms with Crippen molar-refractivity contribution in [1.82, 2.24) is 0 Å². The molecule has 1 atom stereocenters. The number of hydrogen-bond acceptors (Lipinski definition) is 2. The first kappa shape index (κ1) is 16.1. The highest BCUT2D eigenvalue weighted by atomic mass is 16.2. The predicted octanol–water partition coefficient (Wildman–Crippen LogP) is 4.90. The number of carbonyl (C=O) groups is 1. The Morgan fingerprint density at radius 3 is 2.50 bits per heavy atom. The summed E-state index contributed by atoms with van der Waals surface area (Å²) in [6, 6.07) is 19.9. The van der Waals surface area contributed by atoms with E-state index in [-0.39, 0.29) is 11.9 Å². The van der Waals surface area contributed by atoms with Gasteiger partial charge in [0.25, 0.3) is 0 Å². The summed E-state index contributed by atoms with van der Waals surface area (Å²) in [4.78, 5) is 12.6. The van der Waals surface area contributed by atoms with Gasteiger partial charge in [-0.2, -0.15) is 0 Å². The Hall–Kier alpha value is -2.81. The Labute approximate surface area is 142 Å². The summed E-state index contributed by atoms with van der Waals surface area (Å²) in [5.41, 5.74) is 4.14. The lowest BCUT2D eigenvalue weighted by atomic mass is 10.1. The van der Waals surface area contributed by atoms with Gasteiger partial charge in [0.1, 0.15) is 6.04 Å². The zero-order chi connectivity index (χ0) is 17.1. The van der Waals surface area contributed by atoms with Crippen molar-refractivity contribution < 1.29 is 4.79 Å². The van der Waals surface area contributed by atoms with Crippen LogP contribution in [0.15, 0.2) is 60.7 Å². The van der Waals surface area contributed by atoms with Crippen LogP contribution in [0.3, 0.4) is 0 Å². The number of anilines is 2. The van der Waals surface area contributed by atoms with Crippen LogP contribution in [0.2, 0.25) is 0 Å². The Morgan fingerprint density at radius 1 is 0.917 bits per heavy atom. The maximum absolute atomic E-state index is 12.6. The maximum atomic E-state index is 12.6. The monoisotopic (exact) mass is 318 g/mol. The molecule has 0 aliphatic carbocycles. The summed E-state index contributed by atoms with van der Waals surface area (Å²) in [6.45, 7) is 5.96. The molecule has 122 valence electrons. The predicted molar refractivity (Wildman–Crippen MR) is 102 cm³/mol. The van der Waals surface area contributed by atoms with E-state index in [0.717, 1.165) is 27.7 Å². The Bertz CT molecular complexity index is 881. The molecule has 0 radical (unpaired) electrons. The molecule has 2 N–H and O–H groups in total. The Balaban J connectivity index is 1.77. The molecule has 0 heterocycles. The van der Waals surface area contributed by atoms with E-state index < -0.39 is 0 Å². The van der Waals surface area contributed by atoms with E-state index in [4.69, 9.17) is 0 Å². The molecule has 3 heteroatoms. The van der Waals surface area contributed by atoms with Gasteiger partial charge in [0.2, 0.25) is 5.91 Å². The molecular formula is C21H22N2O. The second kappa shape index (κ2) is 6.75. The van der Waals surface area contributed by atoms with Crippen LogP contribution in [0, 0.1) is 13.8 Å². The summed E-state index contributed by atoms with van der Waals surface area (Å²) in [5.74, 6) is -0.0488. The lowest BCUT2D eigenvalue weighted by molar-refractivity contribution is -0.116. The Morgan fingerprint density at radius 2 is 1.67 bits per heavy atom. The lowest BCUT2D eigenvalue weighted by Gasteiger charge is -2.18. The smallest absolute Gasteiger partial charge is 0.246 e. The normalized spacial score (nSPS) is 12.0. The quantitative estimate of drug-likeness (QED) is 0.718. The van der Waals surface area contributed by atoms with Crippen LogP contribution in [0.4, 0.5) is 11.4 Å². The van der Waals surface area contributed by atoms with Crippen molar-refractivity contribution in [2.75, 3.05) is 10.6 Å². The number of carbonyl (C=O) groups excluding carboxylic acids is 1. The summed E-state index contributed by atoms with van der Waals surface area (Å²) < 4.78 is 0. The molecule has 24 heavy (non-hydrogen) atoms. The molecular weight excluding hydrogens is 296 g/mol. The van der Waals surface area contributed by atoms with Gasteiger partial charge in [-0.3, -0.25) is 4.79 Å². The summed E-state index contributed by atoms with van der Waals surface area (Å²) in [7, 11) is 0. The maximum Gasteiger partial charge on any atom is 0.246 e. The lowest BCUT2D eigenvalue weighted by Crippen LogP contribution is -2.32. The third-order valence-corrected chi connectivity index (χ3v) is 4.21. The van der Waals surface area contributed by atoms with Crippen LogP contribution in [0.25, 0.3) is 10.8 Å². The molecule has 0 saturated heterocycles. The summed E-state index contributed by atoms with van der Waals surface area (Å²) in [6.07, 6.45) is 0. The van der Waals surface area contributed by atoms with Gasteiger partial charge in [-0.25, -0.2) is 0 Å². The van der Waals surface area contributed by atoms with Gasteiger partial charge in [-0.05, 0) is 49.4 Å². The summed E-state index contributed by atoms with van der Waals surface area (Å²) >= 11 is 0. The molecule has 3 nitrogen and oxygen atoms in total. The summed E-state index contributed by atoms with van der Waals surface area (Å²) in [5, 5.41) is 8.51. The molecule has 0 aromatic heterocycles. The van der Waals surface area contributed by atoms with Gasteiger partial charge in [-0.15, -0.1) is 0 Å². The van der Waals surface area contributed by atoms with Crippen molar-refractivity contribution in [3.05, 3.63) is 71.8 Å². The molecule has 3 rings (SSSR count). The van der Waals surface area contributed by atoms with Gasteiger partial charge in [-0.1, -0.05) is 48.5 Å². The number of hydrogen-bond donors (Lipinski definition) is 2. The van der Waals surface area contributed by atoms with Gasteiger partial charge in [0.15, 0.2) is 0 Å². The molecule has 0 aliphatic rings. The molecule has 3 aromatic carbocycles. The third kappa shape index (κ3) is 3.40. The zero-order valence-corrected chi connectivity index (χ0v) is 14.3. The topological polar surface area (TPSA) is 41.1 Å². The molecule has 0 spiro atoms. The fraction of sp³-hybridized carbons (Fsp3) is 0.190. The number of fused-ring (bicyclic) bond motifs is 1. The number of benzene rings is 3. The molecule has 0 aliphatic heterocycles. The number of rotatable bonds is 4. The van der Waals surface area contributed by atoms with E-state index in [1.54, 1.807) is 0 Å². The average Bonchev–Trinajstić information content (AvgIpc) is 2.58. The Kier molecular flexibility index (Phi) is 4.52. The third-order valence-electron chi connectivity index (χ3n) is 4.21. The highest BCUT2D eigenvalue weighted by Crippen LogP contribution is 2.23. The van der Waals surface area contributed by atoms with Crippen LogP contribution >= 0.6 is 0 Å². The van der Waals surface area contributed by atoms with Crippen LogP contribution in [-0.2, 0) is 4.79 Å². The number of amides is 1. The van der Waals surface area contributed by atoms with Crippen LogP contribution < -0.4 is 10.6 Å². The first-order valence-electron chi connectivity index (χ1n) is 8.17. The van der Waals surface area contributed by atoms with E-state index in [9.17, 15) is 4.79 Å². The van der Waals surface area contributed by atoms with E-state index >= 15 is 0 Å². The van der Waals surface area contributed by atoms with Crippen LogP contribution in [-0.4, -0.2) is 11.9 Å². The molecule has 1 unspecified atom stereocenters. The van der Waals surface area contributed by atoms with Gasteiger partial charge >= 0.3 is 0 Å². The first-order valence-corrected chi connectivity index (χ1v) is 8.17. The highest BCUT2D eigenvalue weighted by Gasteiger charge is 2.14. The minimum absolute atomic E-state index is 0.0488. The second-order valence-corrected chi connectivity index (χ2v) is 6.20. The highest BCUT2D eigenvalue weighted by molar-refractivity contribution is 6.04. The van der Waals surface area contributed by atoms with Crippen molar-refractivity contribution in [2.45, 2.75) is 26.8 Å².